The molecule has 38 valence electrons. The van der Waals surface area contributed by atoms with E-state index in [-0.39, 0.29) is 66.0 Å². The molecular formula is MgO4W-6. The van der Waals surface area contributed by atoms with Crippen molar-refractivity contribution in [3.8, 4) is 0 Å². The first-order valence-electron chi connectivity index (χ1n) is 0. The maximum Gasteiger partial charge on any atom is 2.00 e. The molecule has 0 spiro atoms. The molecule has 0 aliphatic heterocycles. The van der Waals surface area contributed by atoms with Gasteiger partial charge in [-0.05, 0) is 0 Å². The molecular weight excluding hydrogens is 272 g/mol. The average molecular weight is 272 g/mol. The van der Waals surface area contributed by atoms with Crippen LogP contribution in [0.25, 0.3) is 0 Å². The van der Waals surface area contributed by atoms with E-state index in [2.05, 4.69) is 0 Å². The molecule has 0 heterocycles. The molecule has 4 nitrogen and oxygen atoms in total. The molecule has 0 aliphatic rings. The molecule has 0 atom stereocenters. The first kappa shape index (κ1) is 172. The molecule has 0 fully saturated rings. The fraction of sp³-hybridized carbons (Fsp3) is 0. The quantitative estimate of drug-likeness (QED) is 0.511. The van der Waals surface area contributed by atoms with Crippen molar-refractivity contribution in [3.63, 3.8) is 0 Å². The summed E-state index contributed by atoms with van der Waals surface area (Å²) in [6, 6.07) is 0. The maximum atomic E-state index is 0. The van der Waals surface area contributed by atoms with Crippen LogP contribution in [-0.4, -0.2) is 23.1 Å². The Balaban J connectivity index is 0. The number of rotatable bonds is 0. The van der Waals surface area contributed by atoms with Gasteiger partial charge in [-0.2, -0.15) is 0 Å². The van der Waals surface area contributed by atoms with Gasteiger partial charge in [0.25, 0.3) is 0 Å². The van der Waals surface area contributed by atoms with Crippen molar-refractivity contribution in [2.45, 2.75) is 0 Å². The second-order valence-electron chi connectivity index (χ2n) is 0. The van der Waals surface area contributed by atoms with Crippen LogP contribution in [0.5, 0.6) is 0 Å². The van der Waals surface area contributed by atoms with Crippen molar-refractivity contribution in [1.82, 2.24) is 0 Å². The Morgan fingerprint density at radius 3 is 0.500 bits per heavy atom. The molecule has 0 aromatic carbocycles. The van der Waals surface area contributed by atoms with Gasteiger partial charge in [0.15, 0.2) is 0 Å². The zero-order chi connectivity index (χ0) is 0. The van der Waals surface area contributed by atoms with Gasteiger partial charge in [0.05, 0.1) is 0 Å². The molecule has 0 rings (SSSR count). The van der Waals surface area contributed by atoms with E-state index in [0.717, 1.165) is 0 Å². The van der Waals surface area contributed by atoms with Gasteiger partial charge >= 0.3 is 23.1 Å². The summed E-state index contributed by atoms with van der Waals surface area (Å²) in [5.41, 5.74) is 0. The summed E-state index contributed by atoms with van der Waals surface area (Å²) in [5, 5.41) is 0. The molecule has 0 radical (unpaired) electrons. The standard InChI is InChI=1S/Mg.4O.W/q+2;4*-2;. The van der Waals surface area contributed by atoms with Gasteiger partial charge in [0.1, 0.15) is 0 Å². The third kappa shape index (κ3) is 58.3. The van der Waals surface area contributed by atoms with Gasteiger partial charge in [-0.15, -0.1) is 0 Å². The van der Waals surface area contributed by atoms with E-state index in [0.29, 0.717) is 0 Å². The van der Waals surface area contributed by atoms with Crippen LogP contribution >= 0.6 is 0 Å². The van der Waals surface area contributed by atoms with E-state index in [1.165, 1.54) is 0 Å². The van der Waals surface area contributed by atoms with Crippen LogP contribution in [0.2, 0.25) is 0 Å². The van der Waals surface area contributed by atoms with E-state index in [9.17, 15) is 0 Å². The third-order valence-corrected chi connectivity index (χ3v) is 0. The number of hydrogen-bond acceptors (Lipinski definition) is 0. The molecule has 0 saturated heterocycles. The van der Waals surface area contributed by atoms with Gasteiger partial charge in [-0.3, -0.25) is 0 Å². The molecule has 0 aliphatic carbocycles. The third-order valence-electron chi connectivity index (χ3n) is 0. The predicted octanol–water partition coefficient (Wildman–Crippen LogP) is -0.859. The van der Waals surface area contributed by atoms with E-state index >= 15 is 0 Å². The fourth-order valence-corrected chi connectivity index (χ4v) is 0. The Kier molecular flexibility index (Phi) is 3030. The summed E-state index contributed by atoms with van der Waals surface area (Å²) < 4.78 is 0. The molecule has 0 aromatic heterocycles. The summed E-state index contributed by atoms with van der Waals surface area (Å²) in [5.74, 6) is 0. The zero-order valence-corrected chi connectivity index (χ0v) is 7.10. The summed E-state index contributed by atoms with van der Waals surface area (Å²) in [6.07, 6.45) is 0. The largest absolute Gasteiger partial charge is 2.00 e. The van der Waals surface area contributed by atoms with Crippen molar-refractivity contribution < 1.29 is 43.0 Å². The second kappa shape index (κ2) is 105. The minimum Gasteiger partial charge on any atom is -2.00 e. The normalized spacial score (nSPS) is 0. The first-order chi connectivity index (χ1) is 0. The zero-order valence-electron chi connectivity index (χ0n) is 2.75. The van der Waals surface area contributed by atoms with Crippen molar-refractivity contribution in [1.29, 1.82) is 0 Å². The topological polar surface area (TPSA) is 114 Å². The van der Waals surface area contributed by atoms with Crippen LogP contribution in [0.15, 0.2) is 0 Å². The molecule has 6 heteroatoms. The van der Waals surface area contributed by atoms with E-state index in [4.69, 9.17) is 0 Å². The summed E-state index contributed by atoms with van der Waals surface area (Å²) in [7, 11) is 0. The van der Waals surface area contributed by atoms with Gasteiger partial charge in [-0.25, -0.2) is 0 Å². The average Bonchev–Trinajstić information content (AvgIpc) is 0. The van der Waals surface area contributed by atoms with Crippen LogP contribution in [0.3, 0.4) is 0 Å². The van der Waals surface area contributed by atoms with E-state index in [1.807, 2.05) is 0 Å². The monoisotopic (exact) mass is 272 g/mol. The summed E-state index contributed by atoms with van der Waals surface area (Å²) >= 11 is 0. The van der Waals surface area contributed by atoms with Crippen molar-refractivity contribution in [2.24, 2.45) is 0 Å². The first-order valence-corrected chi connectivity index (χ1v) is 0. The van der Waals surface area contributed by atoms with Gasteiger partial charge in [-0.1, -0.05) is 0 Å². The Morgan fingerprint density at radius 2 is 0.500 bits per heavy atom. The van der Waals surface area contributed by atoms with Crippen LogP contribution in [0, 0.1) is 0 Å². The van der Waals surface area contributed by atoms with E-state index < -0.39 is 0 Å². The molecule has 0 amide bonds. The molecule has 0 saturated carbocycles. The van der Waals surface area contributed by atoms with Crippen molar-refractivity contribution in [3.05, 3.63) is 0 Å². The Hall–Kier alpha value is 1.29. The van der Waals surface area contributed by atoms with Crippen LogP contribution in [0.4, 0.5) is 0 Å². The minimum absolute atomic E-state index is 0. The maximum absolute atomic E-state index is 0. The molecule has 6 heavy (non-hydrogen) atoms. The van der Waals surface area contributed by atoms with Crippen LogP contribution < -0.4 is 0 Å². The van der Waals surface area contributed by atoms with Gasteiger partial charge in [0.2, 0.25) is 0 Å². The molecule has 0 bridgehead atoms. The smallest absolute Gasteiger partial charge is 2.00 e. The Morgan fingerprint density at radius 1 is 0.500 bits per heavy atom. The van der Waals surface area contributed by atoms with E-state index in [1.54, 1.807) is 0 Å². The second-order valence-corrected chi connectivity index (χ2v) is 0. The fourth-order valence-electron chi connectivity index (χ4n) is 0. The van der Waals surface area contributed by atoms with Crippen molar-refractivity contribution in [2.75, 3.05) is 0 Å². The van der Waals surface area contributed by atoms with Crippen LogP contribution in [0.1, 0.15) is 0 Å². The van der Waals surface area contributed by atoms with Gasteiger partial charge < -0.3 is 21.9 Å². The molecule has 0 aromatic rings. The van der Waals surface area contributed by atoms with Crippen LogP contribution in [-0.2, 0) is 43.0 Å². The molecule has 0 unspecified atom stereocenters. The predicted molar refractivity (Wildman–Crippen MR) is 8.50 cm³/mol. The number of hydrogen-bond donors (Lipinski definition) is 0. The summed E-state index contributed by atoms with van der Waals surface area (Å²) in [4.78, 5) is 0. The summed E-state index contributed by atoms with van der Waals surface area (Å²) in [6.45, 7) is 0. The molecule has 0 N–H and O–H groups in total. The Labute approximate surface area is 65.9 Å². The minimum atomic E-state index is 0. The Bertz CT molecular complexity index is 7.51. The SMILES string of the molecule is [Mg+2].[O-2].[O-2].[O-2].[O-2].[W]. The van der Waals surface area contributed by atoms with Gasteiger partial charge in [0, 0.05) is 21.1 Å². The van der Waals surface area contributed by atoms with Crippen molar-refractivity contribution >= 4 is 23.1 Å².